The quantitative estimate of drug-likeness (QED) is 0.313. The van der Waals surface area contributed by atoms with E-state index in [1.807, 2.05) is 0 Å². The van der Waals surface area contributed by atoms with Gasteiger partial charge in [-0.1, -0.05) is 0 Å². The summed E-state index contributed by atoms with van der Waals surface area (Å²) in [5.74, 6) is -1.12. The lowest BCUT2D eigenvalue weighted by atomic mass is 10.2. The normalized spacial score (nSPS) is 12.0. The lowest BCUT2D eigenvalue weighted by Gasteiger charge is -2.26. The molecule has 1 atom stereocenters. The van der Waals surface area contributed by atoms with Crippen LogP contribution < -0.4 is 0 Å². The van der Waals surface area contributed by atoms with Crippen LogP contribution in [0.25, 0.3) is 0 Å². The minimum absolute atomic E-state index is 0.00377. The second-order valence-electron chi connectivity index (χ2n) is 4.53. The number of carbonyl (C=O) groups excluding carboxylic acids is 4. The van der Waals surface area contributed by atoms with Crippen LogP contribution in [0, 0.1) is 0 Å². The molecule has 126 valence electrons. The molecule has 0 saturated carbocycles. The number of nitrogens with zero attached hydrogens (tertiary/aromatic N) is 2. The van der Waals surface area contributed by atoms with E-state index in [1.165, 1.54) is 24.0 Å². The highest BCUT2D eigenvalue weighted by molar-refractivity contribution is 5.74. The first-order valence-electron chi connectivity index (χ1n) is 6.60. The van der Waals surface area contributed by atoms with Gasteiger partial charge in [0.2, 0.25) is 0 Å². The van der Waals surface area contributed by atoms with Gasteiger partial charge in [0.25, 0.3) is 0 Å². The molecule has 1 N–H and O–H groups in total. The highest BCUT2D eigenvalue weighted by atomic mass is 16.5. The van der Waals surface area contributed by atoms with Crippen LogP contribution in [0.1, 0.15) is 0 Å². The van der Waals surface area contributed by atoms with Gasteiger partial charge in [0.05, 0.1) is 46.5 Å². The van der Waals surface area contributed by atoms with Gasteiger partial charge in [-0.3, -0.25) is 19.4 Å². The van der Waals surface area contributed by atoms with Crippen LogP contribution >= 0.6 is 0 Å². The fourth-order valence-electron chi connectivity index (χ4n) is 1.77. The average Bonchev–Trinajstić information content (AvgIpc) is 2.47. The highest BCUT2D eigenvalue weighted by Gasteiger charge is 2.20. The smallest absolute Gasteiger partial charge is 0.319 e. The standard InChI is InChI=1S/C13H22N2O7/c1-21-12(19)9-15(10-13(20)22-2)8-11(18)7-14(3-5-16)4-6-17/h5-6,11,18H,3-4,7-10H2,1-2H3. The zero-order valence-corrected chi connectivity index (χ0v) is 12.8. The first-order chi connectivity index (χ1) is 10.5. The number of methoxy groups -OCH3 is 2. The SMILES string of the molecule is COC(=O)CN(CC(=O)OC)CC(O)CN(CC=O)CC=O. The van der Waals surface area contributed by atoms with E-state index in [4.69, 9.17) is 0 Å². The Kier molecular flexibility index (Phi) is 10.8. The molecule has 0 aromatic heterocycles. The van der Waals surface area contributed by atoms with Crippen LogP contribution in [0.15, 0.2) is 0 Å². The van der Waals surface area contributed by atoms with Crippen molar-refractivity contribution in [2.45, 2.75) is 6.10 Å². The van der Waals surface area contributed by atoms with E-state index in [1.54, 1.807) is 0 Å². The van der Waals surface area contributed by atoms with E-state index in [9.17, 15) is 24.3 Å². The van der Waals surface area contributed by atoms with E-state index in [0.29, 0.717) is 12.6 Å². The summed E-state index contributed by atoms with van der Waals surface area (Å²) in [4.78, 5) is 46.4. The van der Waals surface area contributed by atoms with E-state index in [-0.39, 0.29) is 39.3 Å². The number of rotatable bonds is 12. The second kappa shape index (κ2) is 11.8. The number of aliphatic hydroxyl groups excluding tert-OH is 1. The Balaban J connectivity index is 4.59. The summed E-state index contributed by atoms with van der Waals surface area (Å²) in [5.41, 5.74) is 0. The zero-order chi connectivity index (χ0) is 17.0. The monoisotopic (exact) mass is 318 g/mol. The summed E-state index contributed by atoms with van der Waals surface area (Å²) in [5, 5.41) is 10.00. The molecule has 0 fully saturated rings. The number of aldehydes is 2. The fraction of sp³-hybridized carbons (Fsp3) is 0.692. The Morgan fingerprint density at radius 2 is 1.36 bits per heavy atom. The van der Waals surface area contributed by atoms with Crippen molar-refractivity contribution in [3.63, 3.8) is 0 Å². The van der Waals surface area contributed by atoms with E-state index < -0.39 is 18.0 Å². The summed E-state index contributed by atoms with van der Waals surface area (Å²) < 4.78 is 9.04. The maximum absolute atomic E-state index is 11.3. The van der Waals surface area contributed by atoms with Gasteiger partial charge in [0, 0.05) is 13.1 Å². The summed E-state index contributed by atoms with van der Waals surface area (Å²) in [6.07, 6.45) is 0.280. The van der Waals surface area contributed by atoms with Crippen LogP contribution in [0.3, 0.4) is 0 Å². The first-order valence-corrected chi connectivity index (χ1v) is 6.60. The largest absolute Gasteiger partial charge is 0.468 e. The molecular formula is C13H22N2O7. The number of hydrogen-bond donors (Lipinski definition) is 1. The Bertz CT molecular complexity index is 347. The fourth-order valence-corrected chi connectivity index (χ4v) is 1.77. The van der Waals surface area contributed by atoms with Crippen LogP contribution in [-0.4, -0.2) is 99.0 Å². The van der Waals surface area contributed by atoms with Crippen molar-refractivity contribution in [1.82, 2.24) is 9.80 Å². The van der Waals surface area contributed by atoms with Crippen LogP contribution in [0.5, 0.6) is 0 Å². The van der Waals surface area contributed by atoms with Crippen molar-refractivity contribution in [2.75, 3.05) is 53.5 Å². The first kappa shape index (κ1) is 20.2. The van der Waals surface area contributed by atoms with Gasteiger partial charge in [0.1, 0.15) is 12.6 Å². The predicted octanol–water partition coefficient (Wildman–Crippen LogP) is -2.30. The molecule has 0 amide bonds. The van der Waals surface area contributed by atoms with Crippen molar-refractivity contribution < 1.29 is 33.8 Å². The van der Waals surface area contributed by atoms with Gasteiger partial charge in [-0.2, -0.15) is 0 Å². The minimum Gasteiger partial charge on any atom is -0.468 e. The van der Waals surface area contributed by atoms with Crippen LogP contribution in [0.2, 0.25) is 0 Å². The molecule has 0 aromatic rings. The van der Waals surface area contributed by atoms with Crippen molar-refractivity contribution in [3.05, 3.63) is 0 Å². The van der Waals surface area contributed by atoms with E-state index >= 15 is 0 Å². The van der Waals surface area contributed by atoms with Crippen molar-refractivity contribution >= 4 is 24.5 Å². The van der Waals surface area contributed by atoms with E-state index in [0.717, 1.165) is 0 Å². The minimum atomic E-state index is -0.964. The average molecular weight is 318 g/mol. The molecule has 0 aliphatic heterocycles. The molecule has 0 heterocycles. The van der Waals surface area contributed by atoms with Crippen LogP contribution in [-0.2, 0) is 28.7 Å². The summed E-state index contributed by atoms with van der Waals surface area (Å²) >= 11 is 0. The number of esters is 2. The van der Waals surface area contributed by atoms with Crippen molar-refractivity contribution in [3.8, 4) is 0 Å². The van der Waals surface area contributed by atoms with Gasteiger partial charge in [-0.15, -0.1) is 0 Å². The van der Waals surface area contributed by atoms with Crippen molar-refractivity contribution in [2.24, 2.45) is 0 Å². The topological polar surface area (TPSA) is 113 Å². The third-order valence-electron chi connectivity index (χ3n) is 2.76. The molecule has 0 bridgehead atoms. The molecule has 1 unspecified atom stereocenters. The molecule has 0 aliphatic carbocycles. The molecule has 0 aromatic carbocycles. The summed E-state index contributed by atoms with van der Waals surface area (Å²) in [6, 6.07) is 0. The molecule has 9 heteroatoms. The predicted molar refractivity (Wildman–Crippen MR) is 75.0 cm³/mol. The molecule has 0 radical (unpaired) electrons. The lowest BCUT2D eigenvalue weighted by molar-refractivity contribution is -0.146. The Morgan fingerprint density at radius 3 is 1.73 bits per heavy atom. The number of aliphatic hydroxyl groups is 1. The Hall–Kier alpha value is -1.84. The highest BCUT2D eigenvalue weighted by Crippen LogP contribution is 1.98. The second-order valence-corrected chi connectivity index (χ2v) is 4.53. The molecule has 0 saturated heterocycles. The third-order valence-corrected chi connectivity index (χ3v) is 2.76. The van der Waals surface area contributed by atoms with Gasteiger partial charge in [-0.05, 0) is 0 Å². The molecule has 0 aliphatic rings. The summed E-state index contributed by atoms with van der Waals surface area (Å²) in [6.45, 7) is -0.337. The Morgan fingerprint density at radius 1 is 0.955 bits per heavy atom. The van der Waals surface area contributed by atoms with Crippen LogP contribution in [0.4, 0.5) is 0 Å². The van der Waals surface area contributed by atoms with Gasteiger partial charge in [-0.25, -0.2) is 0 Å². The van der Waals surface area contributed by atoms with Gasteiger partial charge in [0.15, 0.2) is 0 Å². The Labute approximate surface area is 128 Å². The molecule has 0 spiro atoms. The molecule has 22 heavy (non-hydrogen) atoms. The lowest BCUT2D eigenvalue weighted by Crippen LogP contribution is -2.45. The molecule has 9 nitrogen and oxygen atoms in total. The van der Waals surface area contributed by atoms with Crippen molar-refractivity contribution in [1.29, 1.82) is 0 Å². The van der Waals surface area contributed by atoms with Gasteiger partial charge >= 0.3 is 11.9 Å². The van der Waals surface area contributed by atoms with E-state index in [2.05, 4.69) is 9.47 Å². The van der Waals surface area contributed by atoms with Gasteiger partial charge < -0.3 is 24.2 Å². The zero-order valence-electron chi connectivity index (χ0n) is 12.8. The molecular weight excluding hydrogens is 296 g/mol. The third kappa shape index (κ3) is 9.16. The number of carbonyl (C=O) groups is 4. The maximum atomic E-state index is 11.3. The number of hydrogen-bond acceptors (Lipinski definition) is 9. The number of ether oxygens (including phenoxy) is 2. The summed E-state index contributed by atoms with van der Waals surface area (Å²) in [7, 11) is 2.43. The maximum Gasteiger partial charge on any atom is 0.319 e. The molecule has 0 rings (SSSR count).